The number of pyridine rings is 1. The fraction of sp³-hybridized carbons (Fsp3) is 0.444. The Hall–Kier alpha value is -3.11. The van der Waals surface area contributed by atoms with Crippen LogP contribution in [0.15, 0.2) is 59.5 Å². The van der Waals surface area contributed by atoms with Gasteiger partial charge in [-0.05, 0) is 37.1 Å². The molecule has 0 spiro atoms. The molecule has 1 fully saturated rings. The zero-order valence-electron chi connectivity index (χ0n) is 20.2. The first-order valence-corrected chi connectivity index (χ1v) is 12.6. The fourth-order valence-electron chi connectivity index (χ4n) is 4.87. The van der Waals surface area contributed by atoms with Gasteiger partial charge in [0.05, 0.1) is 36.5 Å². The summed E-state index contributed by atoms with van der Waals surface area (Å²) in [4.78, 5) is 12.9. The van der Waals surface area contributed by atoms with Crippen LogP contribution >= 0.6 is 0 Å². The molecule has 0 saturated carbocycles. The Morgan fingerprint density at radius 1 is 0.972 bits per heavy atom. The van der Waals surface area contributed by atoms with Crippen molar-refractivity contribution in [1.82, 2.24) is 19.6 Å². The second kappa shape index (κ2) is 11.3. The van der Waals surface area contributed by atoms with Crippen molar-refractivity contribution in [3.63, 3.8) is 0 Å². The van der Waals surface area contributed by atoms with E-state index in [0.29, 0.717) is 12.1 Å². The molecule has 1 saturated heterocycles. The molecule has 2 N–H and O–H groups in total. The maximum atomic E-state index is 12.9. The highest BCUT2D eigenvalue weighted by Gasteiger charge is 2.34. The molecule has 5 rings (SSSR count). The smallest absolute Gasteiger partial charge is 0.197 e. The van der Waals surface area contributed by atoms with Crippen LogP contribution in [0.25, 0.3) is 21.8 Å². The molecule has 2 aromatic heterocycles. The van der Waals surface area contributed by atoms with Gasteiger partial charge < -0.3 is 24.3 Å². The molecule has 3 atom stereocenters. The molecule has 3 heterocycles. The molecule has 9 heteroatoms. The lowest BCUT2D eigenvalue weighted by molar-refractivity contribution is -0.150. The standard InChI is InChI=1S/C27H32N4O5/c32-17-25-24(33)15-26(36-25)35-18-19-16-30(29-28-19)13-7-1-2-8-14-31-22-11-5-3-9-20(22)27(34)21-10-4-6-12-23(21)31/h3-6,9-12,16,24-26,32-33H,1-2,7-8,13-15,17-18H2/t24-,25+,26+/m0/s1. The summed E-state index contributed by atoms with van der Waals surface area (Å²) >= 11 is 0. The van der Waals surface area contributed by atoms with Gasteiger partial charge in [-0.2, -0.15) is 0 Å². The van der Waals surface area contributed by atoms with Gasteiger partial charge in [0, 0.05) is 30.3 Å². The monoisotopic (exact) mass is 492 g/mol. The number of nitrogens with zero attached hydrogens (tertiary/aromatic N) is 4. The summed E-state index contributed by atoms with van der Waals surface area (Å²) in [6.45, 7) is 1.66. The van der Waals surface area contributed by atoms with Gasteiger partial charge in [-0.1, -0.05) is 42.3 Å². The number of unbranched alkanes of at least 4 members (excludes halogenated alkanes) is 3. The highest BCUT2D eigenvalue weighted by Crippen LogP contribution is 2.22. The third-order valence-corrected chi connectivity index (χ3v) is 6.77. The van der Waals surface area contributed by atoms with Gasteiger partial charge in [0.15, 0.2) is 11.7 Å². The van der Waals surface area contributed by atoms with Gasteiger partial charge >= 0.3 is 0 Å². The number of aromatic nitrogens is 4. The maximum Gasteiger partial charge on any atom is 0.197 e. The van der Waals surface area contributed by atoms with Crippen molar-refractivity contribution in [3.05, 3.63) is 70.6 Å². The summed E-state index contributed by atoms with van der Waals surface area (Å²) < 4.78 is 15.2. The normalized spacial score (nSPS) is 20.0. The highest BCUT2D eigenvalue weighted by molar-refractivity contribution is 5.93. The molecule has 0 amide bonds. The van der Waals surface area contributed by atoms with E-state index in [2.05, 4.69) is 14.9 Å². The van der Waals surface area contributed by atoms with Crippen LogP contribution in [-0.2, 0) is 29.2 Å². The Labute approximate surface area is 208 Å². The molecule has 36 heavy (non-hydrogen) atoms. The Kier molecular flexibility index (Phi) is 7.72. The molecule has 0 bridgehead atoms. The van der Waals surface area contributed by atoms with Crippen LogP contribution in [0.1, 0.15) is 37.8 Å². The predicted octanol–water partition coefficient (Wildman–Crippen LogP) is 2.99. The lowest BCUT2D eigenvalue weighted by atomic mass is 10.1. The number of ether oxygens (including phenoxy) is 2. The summed E-state index contributed by atoms with van der Waals surface area (Å²) in [5, 5.41) is 28.8. The van der Waals surface area contributed by atoms with Crippen LogP contribution in [0.5, 0.6) is 0 Å². The van der Waals surface area contributed by atoms with Crippen molar-refractivity contribution in [2.75, 3.05) is 6.61 Å². The number of hydrogen-bond acceptors (Lipinski definition) is 7. The van der Waals surface area contributed by atoms with Crippen LogP contribution in [0, 0.1) is 0 Å². The minimum absolute atomic E-state index is 0.0952. The van der Waals surface area contributed by atoms with E-state index < -0.39 is 18.5 Å². The molecule has 2 aromatic carbocycles. The fourth-order valence-corrected chi connectivity index (χ4v) is 4.87. The molecule has 4 aromatic rings. The van der Waals surface area contributed by atoms with E-state index in [-0.39, 0.29) is 18.6 Å². The number of hydrogen-bond donors (Lipinski definition) is 2. The summed E-state index contributed by atoms with van der Waals surface area (Å²) in [6.07, 6.45) is 4.52. The molecule has 0 aliphatic carbocycles. The number of aryl methyl sites for hydroxylation is 2. The van der Waals surface area contributed by atoms with Gasteiger partial charge in [-0.3, -0.25) is 9.48 Å². The SMILES string of the molecule is O=c1c2ccccc2n(CCCCCCn2cc(CO[C@H]3C[C@H](O)[C@@H](CO)O3)nn2)c2ccccc12. The zero-order chi connectivity index (χ0) is 24.9. The molecular weight excluding hydrogens is 460 g/mol. The Morgan fingerprint density at radius 3 is 2.31 bits per heavy atom. The van der Waals surface area contributed by atoms with Crippen LogP contribution in [-0.4, -0.2) is 54.9 Å². The van der Waals surface area contributed by atoms with E-state index in [9.17, 15) is 9.90 Å². The highest BCUT2D eigenvalue weighted by atomic mass is 16.7. The number of fused-ring (bicyclic) bond motifs is 2. The maximum absolute atomic E-state index is 12.9. The lowest BCUT2D eigenvalue weighted by Crippen LogP contribution is -2.24. The van der Waals surface area contributed by atoms with Gasteiger partial charge in [-0.15, -0.1) is 5.10 Å². The van der Waals surface area contributed by atoms with E-state index in [0.717, 1.165) is 60.6 Å². The largest absolute Gasteiger partial charge is 0.394 e. The summed E-state index contributed by atoms with van der Waals surface area (Å²) in [6, 6.07) is 15.7. The van der Waals surface area contributed by atoms with Crippen molar-refractivity contribution in [1.29, 1.82) is 0 Å². The van der Waals surface area contributed by atoms with Gasteiger partial charge in [0.1, 0.15) is 11.8 Å². The molecule has 1 aliphatic rings. The van der Waals surface area contributed by atoms with Crippen LogP contribution in [0.4, 0.5) is 0 Å². The van der Waals surface area contributed by atoms with Crippen LogP contribution < -0.4 is 5.43 Å². The van der Waals surface area contributed by atoms with Crippen molar-refractivity contribution >= 4 is 21.8 Å². The molecule has 1 aliphatic heterocycles. The summed E-state index contributed by atoms with van der Waals surface area (Å²) in [5.41, 5.74) is 2.78. The third-order valence-electron chi connectivity index (χ3n) is 6.77. The van der Waals surface area contributed by atoms with Gasteiger partial charge in [-0.25, -0.2) is 0 Å². The minimum atomic E-state index is -0.711. The number of aliphatic hydroxyl groups is 2. The first-order chi connectivity index (χ1) is 17.6. The Morgan fingerprint density at radius 2 is 1.64 bits per heavy atom. The average Bonchev–Trinajstić information content (AvgIpc) is 3.52. The van der Waals surface area contributed by atoms with Crippen molar-refractivity contribution in [2.24, 2.45) is 0 Å². The van der Waals surface area contributed by atoms with E-state index in [1.165, 1.54) is 0 Å². The van der Waals surface area contributed by atoms with Crippen LogP contribution in [0.2, 0.25) is 0 Å². The average molecular weight is 493 g/mol. The Balaban J connectivity index is 1.09. The lowest BCUT2D eigenvalue weighted by Gasteiger charge is -2.15. The quantitative estimate of drug-likeness (QED) is 0.245. The molecule has 190 valence electrons. The van der Waals surface area contributed by atoms with Crippen molar-refractivity contribution in [2.45, 2.75) is 70.3 Å². The molecular formula is C27H32N4O5. The second-order valence-electron chi connectivity index (χ2n) is 9.30. The van der Waals surface area contributed by atoms with E-state index in [1.54, 1.807) is 0 Å². The topological polar surface area (TPSA) is 112 Å². The van der Waals surface area contributed by atoms with E-state index in [1.807, 2.05) is 59.4 Å². The number of rotatable bonds is 11. The minimum Gasteiger partial charge on any atom is -0.394 e. The Bertz CT molecular complexity index is 1310. The van der Waals surface area contributed by atoms with E-state index >= 15 is 0 Å². The van der Waals surface area contributed by atoms with E-state index in [4.69, 9.17) is 14.6 Å². The number of para-hydroxylation sites is 2. The zero-order valence-corrected chi connectivity index (χ0v) is 20.2. The first kappa shape index (κ1) is 24.6. The van der Waals surface area contributed by atoms with Gasteiger partial charge in [0.2, 0.25) is 0 Å². The van der Waals surface area contributed by atoms with Gasteiger partial charge in [0.25, 0.3) is 0 Å². The third kappa shape index (κ3) is 5.34. The molecule has 9 nitrogen and oxygen atoms in total. The van der Waals surface area contributed by atoms with Crippen molar-refractivity contribution < 1.29 is 19.7 Å². The summed E-state index contributed by atoms with van der Waals surface area (Å²) in [7, 11) is 0. The first-order valence-electron chi connectivity index (χ1n) is 12.6. The predicted molar refractivity (Wildman–Crippen MR) is 135 cm³/mol. The van der Waals surface area contributed by atoms with Crippen LogP contribution in [0.3, 0.4) is 0 Å². The number of aliphatic hydroxyl groups excluding tert-OH is 2. The molecule has 0 radical (unpaired) electrons. The number of benzene rings is 2. The second-order valence-corrected chi connectivity index (χ2v) is 9.30. The molecule has 0 unspecified atom stereocenters. The summed E-state index contributed by atoms with van der Waals surface area (Å²) in [5.74, 6) is 0. The van der Waals surface area contributed by atoms with Crippen molar-refractivity contribution in [3.8, 4) is 0 Å².